The zero-order chi connectivity index (χ0) is 13.6. The second-order valence-electron chi connectivity index (χ2n) is 5.56. The lowest BCUT2D eigenvalue weighted by molar-refractivity contribution is -0.145. The molecule has 0 saturated heterocycles. The van der Waals surface area contributed by atoms with Crippen molar-refractivity contribution in [2.24, 2.45) is 5.73 Å². The molecule has 104 valence electrons. The highest BCUT2D eigenvalue weighted by atomic mass is 16.5. The van der Waals surface area contributed by atoms with E-state index in [0.29, 0.717) is 13.0 Å². The highest BCUT2D eigenvalue weighted by Crippen LogP contribution is 2.30. The van der Waals surface area contributed by atoms with Crippen molar-refractivity contribution in [3.8, 4) is 0 Å². The molecule has 1 fully saturated rings. The van der Waals surface area contributed by atoms with E-state index in [-0.39, 0.29) is 11.5 Å². The van der Waals surface area contributed by atoms with Gasteiger partial charge < -0.3 is 10.5 Å². The largest absolute Gasteiger partial charge is 0.466 e. The molecule has 2 N–H and O–H groups in total. The summed E-state index contributed by atoms with van der Waals surface area (Å²) in [5.41, 5.74) is 7.14. The normalized spacial score (nSPS) is 17.3. The second kappa shape index (κ2) is 6.71. The van der Waals surface area contributed by atoms with Crippen molar-refractivity contribution in [1.82, 2.24) is 0 Å². The Balaban J connectivity index is 1.61. The molecular formula is C16H23NO2. The zero-order valence-electron chi connectivity index (χ0n) is 11.4. The van der Waals surface area contributed by atoms with E-state index >= 15 is 0 Å². The molecule has 0 spiro atoms. The summed E-state index contributed by atoms with van der Waals surface area (Å²) < 4.78 is 5.27. The van der Waals surface area contributed by atoms with Crippen molar-refractivity contribution in [1.29, 1.82) is 0 Å². The number of hydrogen-bond acceptors (Lipinski definition) is 3. The number of ether oxygens (including phenoxy) is 1. The second-order valence-corrected chi connectivity index (χ2v) is 5.56. The maximum atomic E-state index is 11.7. The molecule has 1 aromatic carbocycles. The number of nitrogens with two attached hydrogens (primary N) is 1. The first-order valence-corrected chi connectivity index (χ1v) is 7.16. The molecule has 0 radical (unpaired) electrons. The summed E-state index contributed by atoms with van der Waals surface area (Å²) in [7, 11) is 0. The number of esters is 1. The quantitative estimate of drug-likeness (QED) is 0.633. The van der Waals surface area contributed by atoms with Gasteiger partial charge in [-0.1, -0.05) is 43.2 Å². The summed E-state index contributed by atoms with van der Waals surface area (Å²) in [6.45, 7) is 0.490. The molecule has 1 aliphatic rings. The van der Waals surface area contributed by atoms with Crippen LogP contribution >= 0.6 is 0 Å². The number of benzene rings is 1. The predicted molar refractivity (Wildman–Crippen MR) is 75.7 cm³/mol. The van der Waals surface area contributed by atoms with Gasteiger partial charge in [-0.2, -0.15) is 0 Å². The molecule has 0 aromatic heterocycles. The van der Waals surface area contributed by atoms with Gasteiger partial charge in [-0.15, -0.1) is 0 Å². The number of carbonyl (C=O) groups excluding carboxylic acids is 1. The van der Waals surface area contributed by atoms with Gasteiger partial charge in [0, 0.05) is 5.54 Å². The van der Waals surface area contributed by atoms with Gasteiger partial charge >= 0.3 is 5.97 Å². The third-order valence-corrected chi connectivity index (χ3v) is 3.81. The lowest BCUT2D eigenvalue weighted by atomic mass is 9.95. The van der Waals surface area contributed by atoms with Gasteiger partial charge in [0.15, 0.2) is 0 Å². The molecule has 0 heterocycles. The maximum Gasteiger partial charge on any atom is 0.307 e. The molecule has 1 aromatic rings. The van der Waals surface area contributed by atoms with Gasteiger partial charge in [0.1, 0.15) is 0 Å². The summed E-state index contributed by atoms with van der Waals surface area (Å²) in [5.74, 6) is -0.141. The van der Waals surface area contributed by atoms with Crippen LogP contribution in [0.4, 0.5) is 0 Å². The molecule has 2 rings (SSSR count). The Morgan fingerprint density at radius 1 is 1.21 bits per heavy atom. The van der Waals surface area contributed by atoms with Crippen molar-refractivity contribution < 1.29 is 9.53 Å². The van der Waals surface area contributed by atoms with Crippen molar-refractivity contribution in [3.05, 3.63) is 35.9 Å². The van der Waals surface area contributed by atoms with Gasteiger partial charge in [0.25, 0.3) is 0 Å². The fraction of sp³-hybridized carbons (Fsp3) is 0.562. The van der Waals surface area contributed by atoms with E-state index in [1.165, 1.54) is 5.56 Å². The van der Waals surface area contributed by atoms with Gasteiger partial charge in [-0.05, 0) is 31.2 Å². The van der Waals surface area contributed by atoms with Gasteiger partial charge in [-0.3, -0.25) is 4.79 Å². The summed E-state index contributed by atoms with van der Waals surface area (Å²) >= 11 is 0. The van der Waals surface area contributed by atoms with Crippen molar-refractivity contribution in [2.75, 3.05) is 6.61 Å². The number of rotatable bonds is 6. The Hall–Kier alpha value is -1.35. The number of carbonyl (C=O) groups is 1. The Bertz CT molecular complexity index is 396. The monoisotopic (exact) mass is 261 g/mol. The fourth-order valence-electron chi connectivity index (χ4n) is 2.70. The molecular weight excluding hydrogens is 238 g/mol. The van der Waals surface area contributed by atoms with Crippen molar-refractivity contribution >= 4 is 5.97 Å². The van der Waals surface area contributed by atoms with E-state index in [1.54, 1.807) is 0 Å². The van der Waals surface area contributed by atoms with Gasteiger partial charge in [0.2, 0.25) is 0 Å². The minimum Gasteiger partial charge on any atom is -0.466 e. The highest BCUT2D eigenvalue weighted by molar-refractivity contribution is 5.70. The maximum absolute atomic E-state index is 11.7. The van der Waals surface area contributed by atoms with E-state index in [1.807, 2.05) is 18.2 Å². The van der Waals surface area contributed by atoms with Crippen LogP contribution in [-0.2, 0) is 16.0 Å². The number of aryl methyl sites for hydroxylation is 1. The summed E-state index contributed by atoms with van der Waals surface area (Å²) in [5, 5.41) is 0. The SMILES string of the molecule is NC1(CC(=O)OCCCc2ccccc2)CCCC1. The molecule has 1 saturated carbocycles. The van der Waals surface area contributed by atoms with E-state index in [4.69, 9.17) is 10.5 Å². The molecule has 3 heteroatoms. The molecule has 0 unspecified atom stereocenters. The van der Waals surface area contributed by atoms with E-state index in [2.05, 4.69) is 12.1 Å². The zero-order valence-corrected chi connectivity index (χ0v) is 11.4. The average molecular weight is 261 g/mol. The molecule has 1 aliphatic carbocycles. The molecule has 0 bridgehead atoms. The summed E-state index contributed by atoms with van der Waals surface area (Å²) in [6.07, 6.45) is 6.36. The van der Waals surface area contributed by atoms with Crippen LogP contribution in [0.3, 0.4) is 0 Å². The number of hydrogen-bond donors (Lipinski definition) is 1. The topological polar surface area (TPSA) is 52.3 Å². The first kappa shape index (κ1) is 14.1. The molecule has 0 aliphatic heterocycles. The Morgan fingerprint density at radius 3 is 2.58 bits per heavy atom. The van der Waals surface area contributed by atoms with Crippen molar-refractivity contribution in [3.63, 3.8) is 0 Å². The van der Waals surface area contributed by atoms with E-state index in [9.17, 15) is 4.79 Å². The van der Waals surface area contributed by atoms with Crippen LogP contribution in [0.1, 0.15) is 44.1 Å². The van der Waals surface area contributed by atoms with Crippen LogP contribution in [0.25, 0.3) is 0 Å². The van der Waals surface area contributed by atoms with Crippen molar-refractivity contribution in [2.45, 2.75) is 50.5 Å². The lowest BCUT2D eigenvalue weighted by Gasteiger charge is -2.21. The predicted octanol–water partition coefficient (Wildman–Crippen LogP) is 2.82. The van der Waals surface area contributed by atoms with Crippen LogP contribution in [0, 0.1) is 0 Å². The Kier molecular flexibility index (Phi) is 4.97. The molecule has 3 nitrogen and oxygen atoms in total. The standard InChI is InChI=1S/C16H23NO2/c17-16(10-4-5-11-16)13-15(18)19-12-6-9-14-7-2-1-3-8-14/h1-3,7-8H,4-6,9-13,17H2. The van der Waals surface area contributed by atoms with Crippen LogP contribution in [-0.4, -0.2) is 18.1 Å². The highest BCUT2D eigenvalue weighted by Gasteiger charge is 2.32. The van der Waals surface area contributed by atoms with Gasteiger partial charge in [-0.25, -0.2) is 0 Å². The smallest absolute Gasteiger partial charge is 0.307 e. The minimum atomic E-state index is -0.295. The van der Waals surface area contributed by atoms with Crippen LogP contribution < -0.4 is 5.73 Å². The fourth-order valence-corrected chi connectivity index (χ4v) is 2.70. The molecule has 0 atom stereocenters. The van der Waals surface area contributed by atoms with E-state index < -0.39 is 0 Å². The lowest BCUT2D eigenvalue weighted by Crippen LogP contribution is -2.39. The summed E-state index contributed by atoms with van der Waals surface area (Å²) in [4.78, 5) is 11.7. The third kappa shape index (κ3) is 4.67. The van der Waals surface area contributed by atoms with Crippen LogP contribution in [0.2, 0.25) is 0 Å². The third-order valence-electron chi connectivity index (χ3n) is 3.81. The summed E-state index contributed by atoms with van der Waals surface area (Å²) in [6, 6.07) is 10.2. The van der Waals surface area contributed by atoms with Gasteiger partial charge in [0.05, 0.1) is 13.0 Å². The molecule has 0 amide bonds. The first-order valence-electron chi connectivity index (χ1n) is 7.16. The van der Waals surface area contributed by atoms with E-state index in [0.717, 1.165) is 38.5 Å². The average Bonchev–Trinajstić information content (AvgIpc) is 2.82. The Labute approximate surface area is 115 Å². The first-order chi connectivity index (χ1) is 9.18. The van der Waals surface area contributed by atoms with Crippen LogP contribution in [0.15, 0.2) is 30.3 Å². The van der Waals surface area contributed by atoms with Crippen LogP contribution in [0.5, 0.6) is 0 Å². The molecule has 19 heavy (non-hydrogen) atoms. The minimum absolute atomic E-state index is 0.141. The Morgan fingerprint density at radius 2 is 1.89 bits per heavy atom.